The van der Waals surface area contributed by atoms with Gasteiger partial charge in [-0.25, -0.2) is 4.68 Å². The van der Waals surface area contributed by atoms with Crippen molar-refractivity contribution in [2.45, 2.75) is 13.8 Å². The van der Waals surface area contributed by atoms with Crippen molar-refractivity contribution in [2.24, 2.45) is 0 Å². The molecule has 0 unspecified atom stereocenters. The summed E-state index contributed by atoms with van der Waals surface area (Å²) in [4.78, 5) is 25.3. The molecule has 2 N–H and O–H groups in total. The van der Waals surface area contributed by atoms with Crippen molar-refractivity contribution in [3.8, 4) is 11.4 Å². The predicted molar refractivity (Wildman–Crippen MR) is 131 cm³/mol. The smallest absolute Gasteiger partial charge is 0.278 e. The fourth-order valence-corrected chi connectivity index (χ4v) is 3.51. The van der Waals surface area contributed by atoms with Gasteiger partial charge >= 0.3 is 0 Å². The SMILES string of the molecule is CCOc1ccc(NC(=O)c2ccc(NC(=O)c3nnn(-c4ccccc4Cl)c3C)cc2)cc1. The molecule has 1 aromatic heterocycles. The molecule has 2 amide bonds. The van der Waals surface area contributed by atoms with Crippen molar-refractivity contribution in [3.63, 3.8) is 0 Å². The minimum absolute atomic E-state index is 0.178. The van der Waals surface area contributed by atoms with Crippen LogP contribution in [0.2, 0.25) is 5.02 Å². The van der Waals surface area contributed by atoms with Crippen LogP contribution in [-0.4, -0.2) is 33.4 Å². The van der Waals surface area contributed by atoms with Crippen LogP contribution in [0.1, 0.15) is 33.5 Å². The number of carbonyl (C=O) groups excluding carboxylic acids is 2. The highest BCUT2D eigenvalue weighted by Crippen LogP contribution is 2.22. The fourth-order valence-electron chi connectivity index (χ4n) is 3.29. The molecule has 0 saturated heterocycles. The first-order chi connectivity index (χ1) is 16.5. The van der Waals surface area contributed by atoms with Gasteiger partial charge in [0.15, 0.2) is 5.69 Å². The average Bonchev–Trinajstić information content (AvgIpc) is 3.22. The Morgan fingerprint density at radius 1 is 0.912 bits per heavy atom. The van der Waals surface area contributed by atoms with Gasteiger partial charge in [-0.2, -0.15) is 0 Å². The van der Waals surface area contributed by atoms with E-state index in [0.717, 1.165) is 5.75 Å². The maximum atomic E-state index is 12.7. The normalized spacial score (nSPS) is 10.6. The van der Waals surface area contributed by atoms with Crippen LogP contribution < -0.4 is 15.4 Å². The molecule has 0 atom stereocenters. The van der Waals surface area contributed by atoms with Crippen LogP contribution in [0.5, 0.6) is 5.75 Å². The fraction of sp³-hybridized carbons (Fsp3) is 0.120. The highest BCUT2D eigenvalue weighted by Gasteiger charge is 2.19. The highest BCUT2D eigenvalue weighted by atomic mass is 35.5. The van der Waals surface area contributed by atoms with Crippen molar-refractivity contribution in [1.82, 2.24) is 15.0 Å². The van der Waals surface area contributed by atoms with E-state index >= 15 is 0 Å². The maximum absolute atomic E-state index is 12.7. The van der Waals surface area contributed by atoms with E-state index in [-0.39, 0.29) is 11.6 Å². The standard InChI is InChI=1S/C25H22ClN5O3/c1-3-34-20-14-12-19(13-15-20)27-24(32)17-8-10-18(11-9-17)28-25(33)23-16(2)31(30-29-23)22-7-5-4-6-21(22)26/h4-15H,3H2,1-2H3,(H,27,32)(H,28,33). The van der Waals surface area contributed by atoms with E-state index in [1.807, 2.05) is 19.1 Å². The summed E-state index contributed by atoms with van der Waals surface area (Å²) in [5, 5.41) is 14.2. The Morgan fingerprint density at radius 2 is 1.53 bits per heavy atom. The Balaban J connectivity index is 1.41. The molecule has 0 spiro atoms. The third-order valence-electron chi connectivity index (χ3n) is 5.02. The number of ether oxygens (including phenoxy) is 1. The van der Waals surface area contributed by atoms with Gasteiger partial charge in [0, 0.05) is 16.9 Å². The molecule has 1 heterocycles. The quantitative estimate of drug-likeness (QED) is 0.386. The van der Waals surface area contributed by atoms with Crippen LogP contribution in [0.15, 0.2) is 72.8 Å². The number of rotatable bonds is 7. The molecule has 172 valence electrons. The monoisotopic (exact) mass is 475 g/mol. The van der Waals surface area contributed by atoms with Gasteiger partial charge in [0.25, 0.3) is 11.8 Å². The van der Waals surface area contributed by atoms with Gasteiger partial charge < -0.3 is 15.4 Å². The number of halogens is 1. The lowest BCUT2D eigenvalue weighted by Gasteiger charge is -2.09. The van der Waals surface area contributed by atoms with Crippen molar-refractivity contribution >= 4 is 34.8 Å². The first-order valence-electron chi connectivity index (χ1n) is 10.6. The maximum Gasteiger partial charge on any atom is 0.278 e. The van der Waals surface area contributed by atoms with Gasteiger partial charge in [0.1, 0.15) is 5.75 Å². The minimum Gasteiger partial charge on any atom is -0.494 e. The zero-order chi connectivity index (χ0) is 24.1. The molecule has 4 aromatic rings. The van der Waals surface area contributed by atoms with Gasteiger partial charge in [0.05, 0.1) is 23.0 Å². The third kappa shape index (κ3) is 5.07. The lowest BCUT2D eigenvalue weighted by atomic mass is 10.2. The number of aromatic nitrogens is 3. The molecular formula is C25H22ClN5O3. The van der Waals surface area contributed by atoms with Crippen molar-refractivity contribution < 1.29 is 14.3 Å². The van der Waals surface area contributed by atoms with Gasteiger partial charge in [-0.15, -0.1) is 5.10 Å². The van der Waals surface area contributed by atoms with Crippen LogP contribution in [0.25, 0.3) is 5.69 Å². The number of hydrogen-bond acceptors (Lipinski definition) is 5. The highest BCUT2D eigenvalue weighted by molar-refractivity contribution is 6.32. The Kier molecular flexibility index (Phi) is 6.89. The predicted octanol–water partition coefficient (Wildman–Crippen LogP) is 5.13. The molecule has 0 aliphatic rings. The summed E-state index contributed by atoms with van der Waals surface area (Å²) in [5.41, 5.74) is 3.00. The van der Waals surface area contributed by atoms with Gasteiger partial charge in [-0.05, 0) is 74.5 Å². The van der Waals surface area contributed by atoms with E-state index in [4.69, 9.17) is 16.3 Å². The van der Waals surface area contributed by atoms with E-state index in [2.05, 4.69) is 20.9 Å². The molecule has 0 bridgehead atoms. The van der Waals surface area contributed by atoms with Crippen molar-refractivity contribution in [3.05, 3.63) is 94.8 Å². The third-order valence-corrected chi connectivity index (χ3v) is 5.34. The van der Waals surface area contributed by atoms with Crippen LogP contribution >= 0.6 is 11.6 Å². The zero-order valence-electron chi connectivity index (χ0n) is 18.6. The van der Waals surface area contributed by atoms with Crippen molar-refractivity contribution in [2.75, 3.05) is 17.2 Å². The van der Waals surface area contributed by atoms with Crippen LogP contribution in [0.3, 0.4) is 0 Å². The summed E-state index contributed by atoms with van der Waals surface area (Å²) in [6.07, 6.45) is 0. The number of benzene rings is 3. The van der Waals surface area contributed by atoms with E-state index in [0.29, 0.717) is 39.9 Å². The van der Waals surface area contributed by atoms with E-state index in [9.17, 15) is 9.59 Å². The molecule has 0 aliphatic carbocycles. The lowest BCUT2D eigenvalue weighted by molar-refractivity contribution is 0.101. The van der Waals surface area contributed by atoms with E-state index in [1.165, 1.54) is 4.68 Å². The first kappa shape index (κ1) is 23.0. The summed E-state index contributed by atoms with van der Waals surface area (Å²) in [6, 6.07) is 20.9. The van der Waals surface area contributed by atoms with Gasteiger partial charge in [-0.3, -0.25) is 9.59 Å². The molecule has 4 rings (SSSR count). The zero-order valence-corrected chi connectivity index (χ0v) is 19.3. The summed E-state index contributed by atoms with van der Waals surface area (Å²) in [6.45, 7) is 4.23. The van der Waals surface area contributed by atoms with Crippen molar-refractivity contribution in [1.29, 1.82) is 0 Å². The number of anilines is 2. The second-order valence-electron chi connectivity index (χ2n) is 7.33. The molecule has 0 aliphatic heterocycles. The number of hydrogen-bond donors (Lipinski definition) is 2. The molecule has 0 radical (unpaired) electrons. The number of nitrogens with one attached hydrogen (secondary N) is 2. The molecule has 8 nitrogen and oxygen atoms in total. The Hall–Kier alpha value is -4.17. The van der Waals surface area contributed by atoms with Crippen LogP contribution in [0.4, 0.5) is 11.4 Å². The van der Waals surface area contributed by atoms with Crippen LogP contribution in [0, 0.1) is 6.92 Å². The number of para-hydroxylation sites is 1. The molecule has 0 fully saturated rings. The summed E-state index contributed by atoms with van der Waals surface area (Å²) >= 11 is 6.23. The Labute approximate surface area is 201 Å². The molecule has 3 aromatic carbocycles. The van der Waals surface area contributed by atoms with E-state index in [1.54, 1.807) is 67.6 Å². The minimum atomic E-state index is -0.414. The molecule has 9 heteroatoms. The topological polar surface area (TPSA) is 98.1 Å². The first-order valence-corrected chi connectivity index (χ1v) is 11.0. The Bertz CT molecular complexity index is 1320. The van der Waals surface area contributed by atoms with Gasteiger partial charge in [-0.1, -0.05) is 28.9 Å². The van der Waals surface area contributed by atoms with Crippen LogP contribution in [-0.2, 0) is 0 Å². The number of carbonyl (C=O) groups is 2. The molecule has 0 saturated carbocycles. The second-order valence-corrected chi connectivity index (χ2v) is 7.74. The molecular weight excluding hydrogens is 454 g/mol. The largest absolute Gasteiger partial charge is 0.494 e. The average molecular weight is 476 g/mol. The van der Waals surface area contributed by atoms with E-state index < -0.39 is 5.91 Å². The summed E-state index contributed by atoms with van der Waals surface area (Å²) in [7, 11) is 0. The number of nitrogens with zero attached hydrogens (tertiary/aromatic N) is 3. The summed E-state index contributed by atoms with van der Waals surface area (Å²) < 4.78 is 6.92. The second kappa shape index (κ2) is 10.2. The number of amides is 2. The van der Waals surface area contributed by atoms with Gasteiger partial charge in [0.2, 0.25) is 0 Å². The lowest BCUT2D eigenvalue weighted by Crippen LogP contribution is -2.15. The molecule has 34 heavy (non-hydrogen) atoms. The summed E-state index contributed by atoms with van der Waals surface area (Å²) in [5.74, 6) is 0.0608. The Morgan fingerprint density at radius 3 is 2.18 bits per heavy atom.